The number of aryl methyl sites for hydroxylation is 2. The van der Waals surface area contributed by atoms with Crippen LogP contribution in [0.5, 0.6) is 0 Å². The molecule has 0 unspecified atom stereocenters. The maximum Gasteiger partial charge on any atom is 0.243 e. The van der Waals surface area contributed by atoms with Gasteiger partial charge in [-0.1, -0.05) is 31.2 Å². The number of sulfone groups is 1. The van der Waals surface area contributed by atoms with Crippen LogP contribution in [0.25, 0.3) is 0 Å². The van der Waals surface area contributed by atoms with E-state index in [0.717, 1.165) is 17.7 Å². The fourth-order valence-corrected chi connectivity index (χ4v) is 3.52. The molecule has 0 aliphatic rings. The van der Waals surface area contributed by atoms with Crippen LogP contribution in [0, 0.1) is 6.92 Å². The lowest BCUT2D eigenvalue weighted by atomic mass is 10.1. The Kier molecular flexibility index (Phi) is 6.58. The number of anilines is 2. The number of nitrogens with one attached hydrogen (secondary N) is 2. The molecule has 0 aromatic heterocycles. The minimum absolute atomic E-state index is 0.0430. The van der Waals surface area contributed by atoms with Gasteiger partial charge in [-0.2, -0.15) is 0 Å². The number of rotatable bonds is 8. The Bertz CT molecular complexity index is 888. The van der Waals surface area contributed by atoms with Gasteiger partial charge in [0.1, 0.15) is 0 Å². The predicted molar refractivity (Wildman–Crippen MR) is 106 cm³/mol. The highest BCUT2D eigenvalue weighted by atomic mass is 32.2. The minimum atomic E-state index is -3.40. The van der Waals surface area contributed by atoms with Crippen LogP contribution in [-0.2, 0) is 21.1 Å². The number of carbonyl (C=O) groups is 1. The first kappa shape index (κ1) is 19.7. The third-order valence-electron chi connectivity index (χ3n) is 3.99. The van der Waals surface area contributed by atoms with E-state index in [0.29, 0.717) is 5.69 Å². The lowest BCUT2D eigenvalue weighted by molar-refractivity contribution is -0.114. The quantitative estimate of drug-likeness (QED) is 0.695. The average molecular weight is 372 g/mol. The van der Waals surface area contributed by atoms with Gasteiger partial charge in [0.15, 0.2) is 9.84 Å². The highest BCUT2D eigenvalue weighted by molar-refractivity contribution is 7.91. The van der Waals surface area contributed by atoms with Gasteiger partial charge in [0.25, 0.3) is 0 Å². The lowest BCUT2D eigenvalue weighted by Crippen LogP contribution is -2.22. The van der Waals surface area contributed by atoms with Crippen molar-refractivity contribution in [2.24, 2.45) is 0 Å². The van der Waals surface area contributed by atoms with Gasteiger partial charge in [0.05, 0.1) is 17.2 Å². The van der Waals surface area contributed by atoms with Gasteiger partial charge in [-0.05, 0) is 48.7 Å². The fourth-order valence-electron chi connectivity index (χ4n) is 2.44. The second kappa shape index (κ2) is 8.67. The van der Waals surface area contributed by atoms with E-state index < -0.39 is 9.84 Å². The zero-order chi connectivity index (χ0) is 19.2. The number of benzene rings is 2. The molecule has 0 radical (unpaired) electrons. The van der Waals surface area contributed by atoms with Crippen LogP contribution < -0.4 is 10.6 Å². The van der Waals surface area contributed by atoms with Crippen molar-refractivity contribution in [2.45, 2.75) is 25.2 Å². The molecular formula is C20H24N2O3S. The second-order valence-electron chi connectivity index (χ2n) is 6.00. The molecule has 0 aliphatic carbocycles. The first-order chi connectivity index (χ1) is 12.4. The first-order valence-electron chi connectivity index (χ1n) is 8.42. The normalized spacial score (nSPS) is 11.0. The summed E-state index contributed by atoms with van der Waals surface area (Å²) in [5.41, 5.74) is 3.41. The molecule has 0 aliphatic heterocycles. The van der Waals surface area contributed by atoms with Crippen molar-refractivity contribution in [2.75, 3.05) is 22.9 Å². The molecule has 138 valence electrons. The summed E-state index contributed by atoms with van der Waals surface area (Å²) in [6, 6.07) is 12.5. The maximum absolute atomic E-state index is 12.1. The van der Waals surface area contributed by atoms with Crippen LogP contribution in [0.3, 0.4) is 0 Å². The molecule has 0 saturated carbocycles. The van der Waals surface area contributed by atoms with Crippen molar-refractivity contribution in [3.8, 4) is 0 Å². The third-order valence-corrected chi connectivity index (χ3v) is 5.64. The van der Waals surface area contributed by atoms with E-state index in [1.54, 1.807) is 18.2 Å². The Morgan fingerprint density at radius 1 is 1.15 bits per heavy atom. The summed E-state index contributed by atoms with van der Waals surface area (Å²) in [7, 11) is -3.40. The standard InChI is InChI=1S/C20H24N2O3S/c1-4-12-26(24,25)18-11-6-15(3)19(13-18)21-14-20(23)22-17-9-7-16(5-2)8-10-17/h4,6-11,13,21H,1,5,12,14H2,2-3H3,(H,22,23). The topological polar surface area (TPSA) is 75.3 Å². The van der Waals surface area contributed by atoms with Gasteiger partial charge >= 0.3 is 0 Å². The van der Waals surface area contributed by atoms with E-state index in [1.807, 2.05) is 31.2 Å². The Morgan fingerprint density at radius 3 is 2.46 bits per heavy atom. The summed E-state index contributed by atoms with van der Waals surface area (Å²) in [6.07, 6.45) is 2.31. The van der Waals surface area contributed by atoms with E-state index in [-0.39, 0.29) is 23.1 Å². The maximum atomic E-state index is 12.1. The van der Waals surface area contributed by atoms with Crippen LogP contribution in [-0.4, -0.2) is 26.6 Å². The third kappa shape index (κ3) is 5.20. The van der Waals surface area contributed by atoms with E-state index in [1.165, 1.54) is 11.6 Å². The molecule has 0 atom stereocenters. The SMILES string of the molecule is C=CCS(=O)(=O)c1ccc(C)c(NCC(=O)Nc2ccc(CC)cc2)c1. The highest BCUT2D eigenvalue weighted by Crippen LogP contribution is 2.21. The van der Waals surface area contributed by atoms with E-state index in [9.17, 15) is 13.2 Å². The van der Waals surface area contributed by atoms with Crippen molar-refractivity contribution < 1.29 is 13.2 Å². The van der Waals surface area contributed by atoms with Gasteiger partial charge < -0.3 is 10.6 Å². The van der Waals surface area contributed by atoms with Gasteiger partial charge in [-0.25, -0.2) is 8.42 Å². The van der Waals surface area contributed by atoms with Crippen LogP contribution in [0.1, 0.15) is 18.1 Å². The van der Waals surface area contributed by atoms with Gasteiger partial charge in [0, 0.05) is 11.4 Å². The Morgan fingerprint density at radius 2 is 1.85 bits per heavy atom. The zero-order valence-corrected chi connectivity index (χ0v) is 15.9. The molecule has 6 heteroatoms. The molecular weight excluding hydrogens is 348 g/mol. The van der Waals surface area contributed by atoms with Crippen molar-refractivity contribution in [1.29, 1.82) is 0 Å². The summed E-state index contributed by atoms with van der Waals surface area (Å²) in [4.78, 5) is 12.3. The Hall–Kier alpha value is -2.60. The fraction of sp³-hybridized carbons (Fsp3) is 0.250. The van der Waals surface area contributed by atoms with Crippen molar-refractivity contribution in [1.82, 2.24) is 0 Å². The van der Waals surface area contributed by atoms with Gasteiger partial charge in [-0.15, -0.1) is 6.58 Å². The minimum Gasteiger partial charge on any atom is -0.376 e. The number of hydrogen-bond acceptors (Lipinski definition) is 4. The van der Waals surface area contributed by atoms with Crippen LogP contribution >= 0.6 is 0 Å². The largest absolute Gasteiger partial charge is 0.376 e. The molecule has 1 amide bonds. The summed E-state index contributed by atoms with van der Waals surface area (Å²) >= 11 is 0. The molecule has 0 fully saturated rings. The van der Waals surface area contributed by atoms with E-state index in [4.69, 9.17) is 0 Å². The summed E-state index contributed by atoms with van der Waals surface area (Å²) < 4.78 is 24.3. The summed E-state index contributed by atoms with van der Waals surface area (Å²) in [5.74, 6) is -0.322. The predicted octanol–water partition coefficient (Wildman–Crippen LogP) is 3.57. The first-order valence-corrected chi connectivity index (χ1v) is 10.1. The smallest absolute Gasteiger partial charge is 0.243 e. The van der Waals surface area contributed by atoms with Gasteiger partial charge in [-0.3, -0.25) is 4.79 Å². The van der Waals surface area contributed by atoms with Crippen molar-refractivity contribution in [3.05, 3.63) is 66.2 Å². The molecule has 0 heterocycles. The van der Waals surface area contributed by atoms with Crippen LogP contribution in [0.2, 0.25) is 0 Å². The molecule has 2 N–H and O–H groups in total. The number of amides is 1. The molecule has 2 aromatic carbocycles. The number of carbonyl (C=O) groups excluding carboxylic acids is 1. The lowest BCUT2D eigenvalue weighted by Gasteiger charge is -2.12. The highest BCUT2D eigenvalue weighted by Gasteiger charge is 2.14. The molecule has 26 heavy (non-hydrogen) atoms. The molecule has 2 aromatic rings. The van der Waals surface area contributed by atoms with Crippen LogP contribution in [0.4, 0.5) is 11.4 Å². The molecule has 0 spiro atoms. The van der Waals surface area contributed by atoms with Gasteiger partial charge in [0.2, 0.25) is 5.91 Å². The van der Waals surface area contributed by atoms with Crippen molar-refractivity contribution in [3.63, 3.8) is 0 Å². The summed E-state index contributed by atoms with van der Waals surface area (Å²) in [5, 5.41) is 5.82. The average Bonchev–Trinajstić information content (AvgIpc) is 2.61. The second-order valence-corrected chi connectivity index (χ2v) is 8.03. The molecule has 5 nitrogen and oxygen atoms in total. The van der Waals surface area contributed by atoms with Crippen LogP contribution in [0.15, 0.2) is 60.0 Å². The molecule has 0 saturated heterocycles. The molecule has 2 rings (SSSR count). The number of hydrogen-bond donors (Lipinski definition) is 2. The Labute approximate surface area is 155 Å². The zero-order valence-electron chi connectivity index (χ0n) is 15.1. The van der Waals surface area contributed by atoms with E-state index in [2.05, 4.69) is 24.1 Å². The van der Waals surface area contributed by atoms with E-state index >= 15 is 0 Å². The monoisotopic (exact) mass is 372 g/mol. The van der Waals surface area contributed by atoms with Crippen molar-refractivity contribution >= 4 is 27.1 Å². The summed E-state index contributed by atoms with van der Waals surface area (Å²) in [6.45, 7) is 7.44. The Balaban J connectivity index is 2.03. The molecule has 0 bridgehead atoms.